The van der Waals surface area contributed by atoms with Crippen molar-refractivity contribution >= 4 is 6.21 Å². The first-order valence-electron chi connectivity index (χ1n) is 3.53. The maximum absolute atomic E-state index is 9.23. The number of rotatable bonds is 4. The normalized spacial score (nSPS) is 19.3. The van der Waals surface area contributed by atoms with Gasteiger partial charge in [0.1, 0.15) is 0 Å². The second kappa shape index (κ2) is 4.27. The summed E-state index contributed by atoms with van der Waals surface area (Å²) in [6.45, 7) is 1.54. The van der Waals surface area contributed by atoms with Gasteiger partial charge in [0.15, 0.2) is 0 Å². The summed E-state index contributed by atoms with van der Waals surface area (Å²) in [7, 11) is 1.56. The number of ether oxygens (including phenoxy) is 1. The van der Waals surface area contributed by atoms with Gasteiger partial charge in [-0.05, 0) is 0 Å². The van der Waals surface area contributed by atoms with E-state index in [1.54, 1.807) is 18.4 Å². The molecule has 1 unspecified atom stereocenters. The van der Waals surface area contributed by atoms with Gasteiger partial charge in [0.2, 0.25) is 0 Å². The fourth-order valence-corrected chi connectivity index (χ4v) is 0.883. The zero-order valence-electron chi connectivity index (χ0n) is 6.53. The summed E-state index contributed by atoms with van der Waals surface area (Å²) in [5.74, 6) is 0. The van der Waals surface area contributed by atoms with Gasteiger partial charge in [0.25, 0.3) is 0 Å². The average Bonchev–Trinajstić information content (AvgIpc) is 2.40. The van der Waals surface area contributed by atoms with Crippen LogP contribution in [0.15, 0.2) is 5.10 Å². The summed E-state index contributed by atoms with van der Waals surface area (Å²) < 4.78 is 4.76. The van der Waals surface area contributed by atoms with E-state index in [1.165, 1.54) is 0 Å². The Bertz CT molecular complexity index is 140. The number of nitrogens with zero attached hydrogens (tertiary/aromatic N) is 2. The van der Waals surface area contributed by atoms with Crippen LogP contribution in [0, 0.1) is 0 Å². The van der Waals surface area contributed by atoms with Crippen LogP contribution >= 0.6 is 0 Å². The van der Waals surface area contributed by atoms with Crippen LogP contribution in [0.2, 0.25) is 0 Å². The van der Waals surface area contributed by atoms with Crippen molar-refractivity contribution in [2.45, 2.75) is 6.10 Å². The molecule has 0 aromatic carbocycles. The van der Waals surface area contributed by atoms with E-state index < -0.39 is 6.10 Å². The maximum atomic E-state index is 9.23. The van der Waals surface area contributed by atoms with E-state index in [0.29, 0.717) is 13.2 Å². The SMILES string of the molecule is COCC(O)CN1N=CCN1. The molecule has 1 aliphatic heterocycles. The fourth-order valence-electron chi connectivity index (χ4n) is 0.883. The molecule has 1 aliphatic rings. The Hall–Kier alpha value is -0.650. The van der Waals surface area contributed by atoms with Gasteiger partial charge in [-0.15, -0.1) is 0 Å². The highest BCUT2D eigenvalue weighted by atomic mass is 16.5. The zero-order chi connectivity index (χ0) is 8.10. The minimum atomic E-state index is -0.484. The third-order valence-electron chi connectivity index (χ3n) is 1.33. The van der Waals surface area contributed by atoms with Crippen molar-refractivity contribution in [3.63, 3.8) is 0 Å². The Morgan fingerprint density at radius 2 is 2.73 bits per heavy atom. The van der Waals surface area contributed by atoms with Crippen LogP contribution < -0.4 is 5.43 Å². The van der Waals surface area contributed by atoms with Gasteiger partial charge in [0, 0.05) is 13.3 Å². The number of nitrogens with one attached hydrogen (secondary N) is 1. The molecule has 5 nitrogen and oxygen atoms in total. The van der Waals surface area contributed by atoms with Crippen LogP contribution in [-0.2, 0) is 4.74 Å². The Balaban J connectivity index is 2.13. The molecule has 0 radical (unpaired) electrons. The van der Waals surface area contributed by atoms with Crippen molar-refractivity contribution in [3.05, 3.63) is 0 Å². The van der Waals surface area contributed by atoms with E-state index in [4.69, 9.17) is 4.74 Å². The predicted octanol–water partition coefficient (Wildman–Crippen LogP) is -1.20. The van der Waals surface area contributed by atoms with Gasteiger partial charge in [-0.2, -0.15) is 5.10 Å². The standard InChI is InChI=1S/C6H13N3O2/c1-11-5-6(10)4-9-7-2-3-8-9/h2,6,8,10H,3-5H2,1H3. The highest BCUT2D eigenvalue weighted by Gasteiger charge is 2.10. The number of hydrazone groups is 1. The molecule has 0 saturated carbocycles. The number of aliphatic hydroxyl groups excluding tert-OH is 1. The van der Waals surface area contributed by atoms with Crippen LogP contribution in [0.5, 0.6) is 0 Å². The third-order valence-corrected chi connectivity index (χ3v) is 1.33. The number of hydrazine groups is 1. The Morgan fingerprint density at radius 1 is 1.91 bits per heavy atom. The van der Waals surface area contributed by atoms with E-state index in [1.807, 2.05) is 0 Å². The summed E-state index contributed by atoms with van der Waals surface area (Å²) in [6, 6.07) is 0. The van der Waals surface area contributed by atoms with E-state index in [0.717, 1.165) is 6.54 Å². The molecule has 64 valence electrons. The highest BCUT2D eigenvalue weighted by Crippen LogP contribution is 1.92. The average molecular weight is 159 g/mol. The first-order chi connectivity index (χ1) is 5.33. The molecule has 11 heavy (non-hydrogen) atoms. The van der Waals surface area contributed by atoms with Crippen LogP contribution in [0.4, 0.5) is 0 Å². The Kier molecular flexibility index (Phi) is 3.28. The molecule has 0 bridgehead atoms. The zero-order valence-corrected chi connectivity index (χ0v) is 6.53. The molecule has 0 aliphatic carbocycles. The molecule has 1 rings (SSSR count). The second-order valence-corrected chi connectivity index (χ2v) is 2.35. The smallest absolute Gasteiger partial charge is 0.0980 e. The van der Waals surface area contributed by atoms with E-state index in [-0.39, 0.29) is 0 Å². The van der Waals surface area contributed by atoms with Gasteiger partial charge >= 0.3 is 0 Å². The number of hydrogen-bond donors (Lipinski definition) is 2. The van der Waals surface area contributed by atoms with E-state index in [9.17, 15) is 5.11 Å². The number of aliphatic hydroxyl groups is 1. The molecule has 0 aromatic heterocycles. The van der Waals surface area contributed by atoms with Gasteiger partial charge in [0.05, 0.1) is 25.8 Å². The van der Waals surface area contributed by atoms with Crippen LogP contribution in [-0.4, -0.2) is 49.3 Å². The first kappa shape index (κ1) is 8.45. The number of β-amino-alcohol motifs (C(OH)–C–C–N with tert-alkyl or cyclic N) is 1. The van der Waals surface area contributed by atoms with Gasteiger partial charge in [-0.1, -0.05) is 0 Å². The van der Waals surface area contributed by atoms with E-state index in [2.05, 4.69) is 10.5 Å². The maximum Gasteiger partial charge on any atom is 0.0980 e. The molecule has 2 N–H and O–H groups in total. The van der Waals surface area contributed by atoms with Crippen molar-refractivity contribution < 1.29 is 9.84 Å². The molecule has 0 fully saturated rings. The lowest BCUT2D eigenvalue weighted by Gasteiger charge is -2.17. The van der Waals surface area contributed by atoms with Gasteiger partial charge < -0.3 is 9.84 Å². The predicted molar refractivity (Wildman–Crippen MR) is 41.1 cm³/mol. The summed E-state index contributed by atoms with van der Waals surface area (Å²) in [5.41, 5.74) is 2.94. The summed E-state index contributed by atoms with van der Waals surface area (Å²) in [5, 5.41) is 14.8. The van der Waals surface area contributed by atoms with Crippen molar-refractivity contribution in [3.8, 4) is 0 Å². The molecule has 1 heterocycles. The van der Waals surface area contributed by atoms with Crippen molar-refractivity contribution in [1.29, 1.82) is 0 Å². The Morgan fingerprint density at radius 3 is 3.27 bits per heavy atom. The molecule has 0 aromatic rings. The summed E-state index contributed by atoms with van der Waals surface area (Å²) >= 11 is 0. The second-order valence-electron chi connectivity index (χ2n) is 2.35. The molecule has 1 atom stereocenters. The van der Waals surface area contributed by atoms with Crippen LogP contribution in [0.3, 0.4) is 0 Å². The van der Waals surface area contributed by atoms with Crippen molar-refractivity contribution in [1.82, 2.24) is 10.5 Å². The molecule has 0 spiro atoms. The quantitative estimate of drug-likeness (QED) is 0.541. The monoisotopic (exact) mass is 159 g/mol. The molecule has 5 heteroatoms. The minimum Gasteiger partial charge on any atom is -0.389 e. The third kappa shape index (κ3) is 2.83. The van der Waals surface area contributed by atoms with Crippen LogP contribution in [0.25, 0.3) is 0 Å². The summed E-state index contributed by atoms with van der Waals surface area (Å²) in [4.78, 5) is 0. The largest absolute Gasteiger partial charge is 0.389 e. The number of hydrogen-bond acceptors (Lipinski definition) is 5. The molecular weight excluding hydrogens is 146 g/mol. The summed E-state index contributed by atoms with van der Waals surface area (Å²) in [6.07, 6.45) is 1.27. The topological polar surface area (TPSA) is 57.1 Å². The fraction of sp³-hybridized carbons (Fsp3) is 0.833. The molecule has 0 amide bonds. The lowest BCUT2D eigenvalue weighted by atomic mass is 10.4. The lowest BCUT2D eigenvalue weighted by Crippen LogP contribution is -2.37. The highest BCUT2D eigenvalue weighted by molar-refractivity contribution is 5.60. The molecular formula is C6H13N3O2. The van der Waals surface area contributed by atoms with Crippen LogP contribution in [0.1, 0.15) is 0 Å². The van der Waals surface area contributed by atoms with Crippen molar-refractivity contribution in [2.75, 3.05) is 26.8 Å². The first-order valence-corrected chi connectivity index (χ1v) is 3.53. The minimum absolute atomic E-state index is 0.341. The number of methoxy groups -OCH3 is 1. The van der Waals surface area contributed by atoms with Crippen molar-refractivity contribution in [2.24, 2.45) is 5.10 Å². The van der Waals surface area contributed by atoms with Gasteiger partial charge in [-0.25, -0.2) is 10.5 Å². The van der Waals surface area contributed by atoms with Gasteiger partial charge in [-0.3, -0.25) is 0 Å². The Labute approximate surface area is 65.6 Å². The molecule has 0 saturated heterocycles. The lowest BCUT2D eigenvalue weighted by molar-refractivity contribution is 0.0296. The van der Waals surface area contributed by atoms with E-state index >= 15 is 0 Å².